The number of amides is 1. The van der Waals surface area contributed by atoms with Gasteiger partial charge in [0.1, 0.15) is 6.04 Å². The van der Waals surface area contributed by atoms with Crippen molar-refractivity contribution in [2.45, 2.75) is 12.5 Å². The van der Waals surface area contributed by atoms with Gasteiger partial charge >= 0.3 is 44.9 Å². The summed E-state index contributed by atoms with van der Waals surface area (Å²) in [5, 5.41) is 11.1. The first kappa shape index (κ1) is 39.6. The number of rotatable bonds is 7. The molecule has 0 bridgehead atoms. The zero-order valence-corrected chi connectivity index (χ0v) is 30.6. The molecule has 2 aromatic carbocycles. The summed E-state index contributed by atoms with van der Waals surface area (Å²) in [6, 6.07) is 12.0. The Hall–Kier alpha value is 0.0468. The van der Waals surface area contributed by atoms with Crippen LogP contribution in [0.2, 0.25) is 0 Å². The second-order valence-corrected chi connectivity index (χ2v) is 9.54. The average molecular weight is 826 g/mol. The predicted molar refractivity (Wildman–Crippen MR) is 135 cm³/mol. The van der Waals surface area contributed by atoms with Crippen molar-refractivity contribution < 1.29 is 75.0 Å². The molecule has 10 nitrogen and oxygen atoms in total. The minimum absolute atomic E-state index is 0. The fourth-order valence-electron chi connectivity index (χ4n) is 1.87. The number of carboxylic acid groups (broad SMARTS) is 1. The van der Waals surface area contributed by atoms with Gasteiger partial charge in [-0.25, -0.2) is 0 Å². The predicted octanol–water partition coefficient (Wildman–Crippen LogP) is 3.96. The van der Waals surface area contributed by atoms with Crippen molar-refractivity contribution in [1.82, 2.24) is 0 Å². The molecule has 0 aromatic heterocycles. The maximum atomic E-state index is 12.2. The normalized spacial score (nSPS) is 10.5. The van der Waals surface area contributed by atoms with Gasteiger partial charge in [0.15, 0.2) is 22.0 Å². The first-order chi connectivity index (χ1) is 15.3. The Bertz CT molecular complexity index is 1010. The van der Waals surface area contributed by atoms with E-state index in [1.165, 1.54) is 0 Å². The molecule has 1 unspecified atom stereocenters. The van der Waals surface area contributed by atoms with E-state index in [1.807, 2.05) is 36.6 Å². The van der Waals surface area contributed by atoms with Crippen molar-refractivity contribution >= 4 is 87.8 Å². The van der Waals surface area contributed by atoms with Crippen LogP contribution in [0.3, 0.4) is 0 Å². The van der Waals surface area contributed by atoms with E-state index in [0.29, 0.717) is 22.2 Å². The molecule has 2 aromatic rings. The number of carbonyl (C=O) groups excluding carboxylic acids is 1. The fraction of sp³-hybridized carbons (Fsp3) is 0.222. The number of aliphatic carboxylic acids is 1. The van der Waals surface area contributed by atoms with Gasteiger partial charge in [0.2, 0.25) is 0 Å². The second-order valence-electron chi connectivity index (χ2n) is 5.77. The van der Waals surface area contributed by atoms with Crippen molar-refractivity contribution in [2.24, 2.45) is 5.73 Å². The Labute approximate surface area is 258 Å². The molecule has 0 fully saturated rings. The number of carbonyl (C=O) groups is 2. The third kappa shape index (κ3) is 18.9. The molecule has 184 valence electrons. The molecule has 1 amide bonds. The van der Waals surface area contributed by atoms with Crippen molar-refractivity contribution in [2.75, 3.05) is 17.3 Å². The second kappa shape index (κ2) is 21.0. The molecule has 0 aliphatic carbocycles. The van der Waals surface area contributed by atoms with E-state index in [1.54, 1.807) is 23.9 Å². The van der Waals surface area contributed by atoms with Crippen LogP contribution in [-0.2, 0) is 54.1 Å². The van der Waals surface area contributed by atoms with Gasteiger partial charge in [0.05, 0.1) is 10.0 Å². The Morgan fingerprint density at radius 1 is 1.14 bits per heavy atom. The van der Waals surface area contributed by atoms with E-state index in [2.05, 4.69) is 53.4 Å². The number of benzene rings is 2. The number of nitrogens with one attached hydrogen (secondary N) is 1. The van der Waals surface area contributed by atoms with Crippen molar-refractivity contribution in [3.63, 3.8) is 0 Å². The smallest absolute Gasteiger partial charge is 0.759 e. The van der Waals surface area contributed by atoms with Crippen LogP contribution in [0, 0.1) is 0 Å². The molecule has 0 radical (unpaired) electrons. The van der Waals surface area contributed by atoms with Gasteiger partial charge in [-0.05, 0) is 74.6 Å². The third-order valence-electron chi connectivity index (χ3n) is 3.35. The number of para-hydroxylation sites is 1. The SMILES string of the molecule is CSCCC(N)C(=O)O.O=C(Nc1ccccc1)c1ccc(Br)c(Br)c1OBr.O=S(=O)([O-])[O-].[Zn+2].[Zn+2]. The van der Waals surface area contributed by atoms with Gasteiger partial charge in [-0.1, -0.05) is 18.2 Å². The minimum atomic E-state index is -5.17. The van der Waals surface area contributed by atoms with Crippen molar-refractivity contribution in [3.05, 3.63) is 57.0 Å². The van der Waals surface area contributed by atoms with Crippen LogP contribution in [0.15, 0.2) is 51.4 Å². The van der Waals surface area contributed by atoms with E-state index in [-0.39, 0.29) is 44.9 Å². The van der Waals surface area contributed by atoms with Crippen LogP contribution in [0.1, 0.15) is 16.8 Å². The molecule has 17 heteroatoms. The molecule has 4 N–H and O–H groups in total. The van der Waals surface area contributed by atoms with Crippen LogP contribution < -0.4 is 14.9 Å². The first-order valence-corrected chi connectivity index (χ1v) is 13.5. The van der Waals surface area contributed by atoms with Gasteiger partial charge in [0, 0.05) is 20.6 Å². The van der Waals surface area contributed by atoms with E-state index >= 15 is 0 Å². The number of hydrogen-bond donors (Lipinski definition) is 3. The van der Waals surface area contributed by atoms with E-state index < -0.39 is 22.4 Å². The number of carboxylic acids is 1. The zero-order chi connectivity index (χ0) is 25.6. The Morgan fingerprint density at radius 3 is 2.09 bits per heavy atom. The zero-order valence-electron chi connectivity index (χ0n) is 18.3. The summed E-state index contributed by atoms with van der Waals surface area (Å²) in [4.78, 5) is 22.3. The Balaban J connectivity index is -0.000000541. The number of halogens is 3. The summed E-state index contributed by atoms with van der Waals surface area (Å²) < 4.78 is 40.6. The molecule has 0 aliphatic rings. The number of thioether (sulfide) groups is 1. The van der Waals surface area contributed by atoms with E-state index in [9.17, 15) is 9.59 Å². The molecule has 0 heterocycles. The molecule has 0 saturated heterocycles. The summed E-state index contributed by atoms with van der Waals surface area (Å²) in [6.07, 6.45) is 2.48. The average Bonchev–Trinajstić information content (AvgIpc) is 2.73. The fourth-order valence-corrected chi connectivity index (χ4v) is 3.66. The maximum Gasteiger partial charge on any atom is 2.00 e. The third-order valence-corrected chi connectivity index (χ3v) is 6.30. The van der Waals surface area contributed by atoms with Crippen LogP contribution in [0.25, 0.3) is 0 Å². The van der Waals surface area contributed by atoms with Crippen LogP contribution in [0.4, 0.5) is 5.69 Å². The maximum absolute atomic E-state index is 12.2. The summed E-state index contributed by atoms with van der Waals surface area (Å²) in [5.41, 5.74) is 6.35. The summed E-state index contributed by atoms with van der Waals surface area (Å²) in [7, 11) is -5.17. The quantitative estimate of drug-likeness (QED) is 0.210. The van der Waals surface area contributed by atoms with Crippen molar-refractivity contribution in [1.29, 1.82) is 0 Å². The summed E-state index contributed by atoms with van der Waals surface area (Å²) >= 11 is 11.2. The standard InChI is InChI=1S/C13H8Br3NO2.C5H11NO2S.H2O4S.2Zn/c14-10-7-6-9(12(19-16)11(10)15)13(18)17-8-4-2-1-3-5-8;1-9-3-2-4(6)5(7)8;1-5(2,3)4;;/h1-7H,(H,17,18);4H,2-3,6H2,1H3,(H,7,8);(H2,1,2,3,4);;/q;;;2*+2/p-2. The number of nitrogens with two attached hydrogens (primary N) is 1. The van der Waals surface area contributed by atoms with E-state index in [0.717, 1.165) is 15.9 Å². The topological polar surface area (TPSA) is 182 Å². The molecule has 0 spiro atoms. The Kier molecular flexibility index (Phi) is 23.8. The minimum Gasteiger partial charge on any atom is -0.759 e. The van der Waals surface area contributed by atoms with Gasteiger partial charge < -0.3 is 29.1 Å². The molecule has 1 atom stereocenters. The molecule has 0 aliphatic heterocycles. The monoisotopic (exact) mass is 820 g/mol. The van der Waals surface area contributed by atoms with Gasteiger partial charge in [-0.2, -0.15) is 11.8 Å². The molecule has 35 heavy (non-hydrogen) atoms. The van der Waals surface area contributed by atoms with Crippen LogP contribution in [-0.4, -0.2) is 52.6 Å². The summed E-state index contributed by atoms with van der Waals surface area (Å²) in [6.45, 7) is 0. The van der Waals surface area contributed by atoms with E-state index in [4.69, 9.17) is 32.2 Å². The molecule has 2 rings (SSSR count). The number of hydrogen-bond acceptors (Lipinski definition) is 9. The van der Waals surface area contributed by atoms with Gasteiger partial charge in [-0.15, -0.1) is 0 Å². The van der Waals surface area contributed by atoms with Crippen molar-refractivity contribution in [3.8, 4) is 5.75 Å². The Morgan fingerprint density at radius 2 is 1.66 bits per heavy atom. The largest absolute Gasteiger partial charge is 2.00 e. The van der Waals surface area contributed by atoms with Crippen LogP contribution in [0.5, 0.6) is 5.75 Å². The number of anilines is 1. The molecule has 0 saturated carbocycles. The van der Waals surface area contributed by atoms with Gasteiger partial charge in [-0.3, -0.25) is 18.0 Å². The first-order valence-electron chi connectivity index (χ1n) is 8.58. The summed E-state index contributed by atoms with van der Waals surface area (Å²) in [5.74, 6) is 0.0775. The molecular weight excluding hydrogens is 807 g/mol. The van der Waals surface area contributed by atoms with Gasteiger partial charge in [0.25, 0.3) is 5.91 Å². The van der Waals surface area contributed by atoms with Crippen LogP contribution >= 0.6 is 59.9 Å². The molecular formula is C18H19Br3N2O8S2Zn2+2.